The Hall–Kier alpha value is -2.35. The molecule has 1 heterocycles. The van der Waals surface area contributed by atoms with Gasteiger partial charge >= 0.3 is 0 Å². The second-order valence-electron chi connectivity index (χ2n) is 6.97. The number of thioether (sulfide) groups is 1. The fraction of sp³-hybridized carbons (Fsp3) is 0.474. The minimum atomic E-state index is -0.0884. The lowest BCUT2D eigenvalue weighted by atomic mass is 10.1. The molecule has 0 aliphatic rings. The van der Waals surface area contributed by atoms with Crippen LogP contribution in [-0.4, -0.2) is 38.7 Å². The molecule has 0 aliphatic carbocycles. The van der Waals surface area contributed by atoms with E-state index in [2.05, 4.69) is 30.9 Å². The van der Waals surface area contributed by atoms with Crippen LogP contribution in [0.5, 0.6) is 0 Å². The van der Waals surface area contributed by atoms with E-state index < -0.39 is 0 Å². The second-order valence-corrected chi connectivity index (χ2v) is 7.91. The zero-order chi connectivity index (χ0) is 20.0. The fourth-order valence-corrected chi connectivity index (χ4v) is 3.02. The van der Waals surface area contributed by atoms with Crippen molar-refractivity contribution in [1.29, 1.82) is 0 Å². The number of hydrogen-bond donors (Lipinski definition) is 3. The van der Waals surface area contributed by atoms with Gasteiger partial charge in [-0.05, 0) is 52.7 Å². The lowest BCUT2D eigenvalue weighted by Crippen LogP contribution is -2.18. The van der Waals surface area contributed by atoms with Crippen LogP contribution < -0.4 is 16.0 Å². The highest BCUT2D eigenvalue weighted by Gasteiger charge is 2.12. The summed E-state index contributed by atoms with van der Waals surface area (Å²) >= 11 is 1.29. The summed E-state index contributed by atoms with van der Waals surface area (Å²) in [6, 6.07) is 6.34. The highest BCUT2D eigenvalue weighted by molar-refractivity contribution is 7.99. The van der Waals surface area contributed by atoms with Gasteiger partial charge in [0.2, 0.25) is 17.8 Å². The number of nitrogens with one attached hydrogen (secondary N) is 3. The highest BCUT2D eigenvalue weighted by atomic mass is 32.2. The minimum Gasteiger partial charge on any atom is -0.352 e. The van der Waals surface area contributed by atoms with Gasteiger partial charge in [-0.1, -0.05) is 30.0 Å². The standard InChI is InChI=1S/C19H28N6OS/c1-11(2)20-17-23-18(21-12(3)4)25-19(24-17)27-10-15(26)22-16-13(5)8-7-9-14(16)6/h7-9,11-12H,10H2,1-6H3,(H,22,26)(H2,20,21,23,24,25). The van der Waals surface area contributed by atoms with Gasteiger partial charge in [-0.15, -0.1) is 0 Å². The molecule has 146 valence electrons. The van der Waals surface area contributed by atoms with Crippen LogP contribution >= 0.6 is 11.8 Å². The van der Waals surface area contributed by atoms with Gasteiger partial charge in [0.25, 0.3) is 0 Å². The molecule has 0 spiro atoms. The zero-order valence-electron chi connectivity index (χ0n) is 16.8. The summed E-state index contributed by atoms with van der Waals surface area (Å²) in [6.45, 7) is 12.0. The Bertz CT molecular complexity index is 745. The average Bonchev–Trinajstić information content (AvgIpc) is 2.55. The van der Waals surface area contributed by atoms with Gasteiger partial charge < -0.3 is 16.0 Å². The van der Waals surface area contributed by atoms with Crippen LogP contribution in [0.4, 0.5) is 17.6 Å². The number of carbonyl (C=O) groups is 1. The molecule has 2 aromatic rings. The van der Waals surface area contributed by atoms with E-state index >= 15 is 0 Å². The van der Waals surface area contributed by atoms with Gasteiger partial charge in [-0.2, -0.15) is 15.0 Å². The summed E-state index contributed by atoms with van der Waals surface area (Å²) < 4.78 is 0. The van der Waals surface area contributed by atoms with Crippen LogP contribution in [0.3, 0.4) is 0 Å². The predicted molar refractivity (Wildman–Crippen MR) is 113 cm³/mol. The minimum absolute atomic E-state index is 0.0884. The SMILES string of the molecule is Cc1cccc(C)c1NC(=O)CSc1nc(NC(C)C)nc(NC(C)C)n1. The van der Waals surface area contributed by atoms with Crippen molar-refractivity contribution in [3.05, 3.63) is 29.3 Å². The molecule has 1 amide bonds. The summed E-state index contributed by atoms with van der Waals surface area (Å²) in [4.78, 5) is 25.6. The third kappa shape index (κ3) is 6.71. The maximum atomic E-state index is 12.4. The number of para-hydroxylation sites is 1. The molecule has 0 aliphatic heterocycles. The van der Waals surface area contributed by atoms with Crippen molar-refractivity contribution in [3.8, 4) is 0 Å². The molecule has 1 aromatic carbocycles. The van der Waals surface area contributed by atoms with Crippen LogP contribution in [0.15, 0.2) is 23.4 Å². The van der Waals surface area contributed by atoms with Gasteiger partial charge in [0.1, 0.15) is 0 Å². The first-order chi connectivity index (χ1) is 12.7. The molecule has 0 radical (unpaired) electrons. The number of hydrogen-bond acceptors (Lipinski definition) is 7. The molecular weight excluding hydrogens is 360 g/mol. The Balaban J connectivity index is 2.08. The van der Waals surface area contributed by atoms with Gasteiger partial charge in [0.15, 0.2) is 5.16 Å². The van der Waals surface area contributed by atoms with Crippen molar-refractivity contribution in [2.24, 2.45) is 0 Å². The van der Waals surface area contributed by atoms with Gasteiger partial charge in [-0.3, -0.25) is 4.79 Å². The number of rotatable bonds is 8. The van der Waals surface area contributed by atoms with E-state index in [1.165, 1.54) is 11.8 Å². The van der Waals surface area contributed by atoms with Gasteiger partial charge in [-0.25, -0.2) is 0 Å². The molecule has 0 bridgehead atoms. The van der Waals surface area contributed by atoms with Crippen LogP contribution in [0.25, 0.3) is 0 Å². The zero-order valence-corrected chi connectivity index (χ0v) is 17.6. The molecule has 8 heteroatoms. The molecule has 3 N–H and O–H groups in total. The average molecular weight is 389 g/mol. The molecule has 7 nitrogen and oxygen atoms in total. The topological polar surface area (TPSA) is 91.8 Å². The molecule has 0 unspecified atom stereocenters. The number of nitrogens with zero attached hydrogens (tertiary/aromatic N) is 3. The van der Waals surface area contributed by atoms with E-state index in [1.54, 1.807) is 0 Å². The Labute approximate surface area is 165 Å². The molecule has 1 aromatic heterocycles. The lowest BCUT2D eigenvalue weighted by molar-refractivity contribution is -0.113. The number of aromatic nitrogens is 3. The summed E-state index contributed by atoms with van der Waals surface area (Å²) in [6.07, 6.45) is 0. The lowest BCUT2D eigenvalue weighted by Gasteiger charge is -2.13. The number of amides is 1. The Morgan fingerprint density at radius 1 is 0.963 bits per heavy atom. The Morgan fingerprint density at radius 3 is 1.96 bits per heavy atom. The first-order valence-corrected chi connectivity index (χ1v) is 10.0. The van der Waals surface area contributed by atoms with Gasteiger partial charge in [0, 0.05) is 17.8 Å². The van der Waals surface area contributed by atoms with E-state index in [4.69, 9.17) is 0 Å². The third-order valence-electron chi connectivity index (χ3n) is 3.53. The van der Waals surface area contributed by atoms with E-state index in [-0.39, 0.29) is 23.7 Å². The summed E-state index contributed by atoms with van der Waals surface area (Å²) in [5, 5.41) is 9.86. The van der Waals surface area contributed by atoms with Crippen LogP contribution in [0.1, 0.15) is 38.8 Å². The fourth-order valence-electron chi connectivity index (χ4n) is 2.38. The molecule has 0 fully saturated rings. The first kappa shape index (κ1) is 21.0. The monoisotopic (exact) mass is 388 g/mol. The summed E-state index contributed by atoms with van der Waals surface area (Å²) in [5.74, 6) is 1.14. The number of aryl methyl sites for hydroxylation is 2. The molecule has 2 rings (SSSR count). The summed E-state index contributed by atoms with van der Waals surface area (Å²) in [7, 11) is 0. The van der Waals surface area contributed by atoms with Crippen molar-refractivity contribution in [2.45, 2.75) is 58.8 Å². The largest absolute Gasteiger partial charge is 0.352 e. The van der Waals surface area contributed by atoms with E-state index in [9.17, 15) is 4.79 Å². The van der Waals surface area contributed by atoms with Crippen molar-refractivity contribution in [2.75, 3.05) is 21.7 Å². The van der Waals surface area contributed by atoms with Crippen molar-refractivity contribution in [3.63, 3.8) is 0 Å². The number of benzene rings is 1. The summed E-state index contributed by atoms with van der Waals surface area (Å²) in [5.41, 5.74) is 2.95. The van der Waals surface area contributed by atoms with Gasteiger partial charge in [0.05, 0.1) is 5.75 Å². The second kappa shape index (κ2) is 9.55. The molecule has 27 heavy (non-hydrogen) atoms. The molecule has 0 saturated heterocycles. The molecule has 0 saturated carbocycles. The highest BCUT2D eigenvalue weighted by Crippen LogP contribution is 2.21. The number of carbonyl (C=O) groups excluding carboxylic acids is 1. The molecular formula is C19H28N6OS. The number of anilines is 3. The van der Waals surface area contributed by atoms with E-state index in [1.807, 2.05) is 59.7 Å². The van der Waals surface area contributed by atoms with Crippen molar-refractivity contribution >= 4 is 35.3 Å². The third-order valence-corrected chi connectivity index (χ3v) is 4.38. The first-order valence-electron chi connectivity index (χ1n) is 9.02. The molecule has 0 atom stereocenters. The smallest absolute Gasteiger partial charge is 0.234 e. The van der Waals surface area contributed by atoms with E-state index in [0.717, 1.165) is 16.8 Å². The normalized spacial score (nSPS) is 11.0. The van der Waals surface area contributed by atoms with Crippen LogP contribution in [0.2, 0.25) is 0 Å². The maximum absolute atomic E-state index is 12.4. The maximum Gasteiger partial charge on any atom is 0.234 e. The quantitative estimate of drug-likeness (QED) is 0.591. The van der Waals surface area contributed by atoms with Crippen molar-refractivity contribution in [1.82, 2.24) is 15.0 Å². The Morgan fingerprint density at radius 2 is 1.48 bits per heavy atom. The van der Waals surface area contributed by atoms with Crippen molar-refractivity contribution < 1.29 is 4.79 Å². The van der Waals surface area contributed by atoms with Crippen LogP contribution in [0, 0.1) is 13.8 Å². The van der Waals surface area contributed by atoms with E-state index in [0.29, 0.717) is 17.1 Å². The predicted octanol–water partition coefficient (Wildman–Crippen LogP) is 3.86. The van der Waals surface area contributed by atoms with Crippen LogP contribution in [-0.2, 0) is 4.79 Å². The Kier molecular flexibility index (Phi) is 7.41.